The Bertz CT molecular complexity index is 316. The van der Waals surface area contributed by atoms with Crippen LogP contribution < -0.4 is 10.6 Å². The third-order valence-corrected chi connectivity index (χ3v) is 2.60. The van der Waals surface area contributed by atoms with Gasteiger partial charge in [0.05, 0.1) is 0 Å². The SMILES string of the molecule is CCC(=O)NC(=O)N(C)[C@@H](CC(C)C)C(=O)NC. The maximum Gasteiger partial charge on any atom is 0.324 e. The van der Waals surface area contributed by atoms with E-state index in [4.69, 9.17) is 0 Å². The minimum atomic E-state index is -0.570. The molecule has 0 bridgehead atoms. The summed E-state index contributed by atoms with van der Waals surface area (Å²) in [5.41, 5.74) is 0. The molecule has 1 atom stereocenters. The third-order valence-electron chi connectivity index (χ3n) is 2.60. The fourth-order valence-electron chi connectivity index (χ4n) is 1.49. The van der Waals surface area contributed by atoms with Gasteiger partial charge in [-0.05, 0) is 12.3 Å². The summed E-state index contributed by atoms with van der Waals surface area (Å²) < 4.78 is 0. The number of hydrogen-bond acceptors (Lipinski definition) is 3. The molecule has 0 heterocycles. The van der Waals surface area contributed by atoms with E-state index in [0.717, 1.165) is 0 Å². The summed E-state index contributed by atoms with van der Waals surface area (Å²) in [6.07, 6.45) is 0.776. The monoisotopic (exact) mass is 257 g/mol. The van der Waals surface area contributed by atoms with Gasteiger partial charge in [0.1, 0.15) is 6.04 Å². The molecule has 0 radical (unpaired) electrons. The van der Waals surface area contributed by atoms with E-state index < -0.39 is 12.1 Å². The van der Waals surface area contributed by atoms with Gasteiger partial charge in [-0.2, -0.15) is 0 Å². The molecule has 0 aliphatic carbocycles. The molecule has 0 aromatic carbocycles. The van der Waals surface area contributed by atoms with Crippen molar-refractivity contribution in [1.29, 1.82) is 0 Å². The predicted octanol–water partition coefficient (Wildman–Crippen LogP) is 0.725. The lowest BCUT2D eigenvalue weighted by molar-refractivity contribution is -0.126. The molecule has 18 heavy (non-hydrogen) atoms. The lowest BCUT2D eigenvalue weighted by Gasteiger charge is -2.27. The first kappa shape index (κ1) is 16.4. The molecule has 0 aliphatic heterocycles. The standard InChI is InChI=1S/C12H23N3O3/c1-6-10(16)14-12(18)15(5)9(7-8(2)3)11(17)13-4/h8-9H,6-7H2,1-5H3,(H,13,17)(H,14,16,18)/t9-/m0/s1. The summed E-state index contributed by atoms with van der Waals surface area (Å²) in [5.74, 6) is -0.318. The zero-order chi connectivity index (χ0) is 14.3. The van der Waals surface area contributed by atoms with Crippen LogP contribution in [0.25, 0.3) is 0 Å². The zero-order valence-electron chi connectivity index (χ0n) is 11.7. The van der Waals surface area contributed by atoms with E-state index >= 15 is 0 Å². The van der Waals surface area contributed by atoms with E-state index in [-0.39, 0.29) is 24.2 Å². The number of urea groups is 1. The minimum Gasteiger partial charge on any atom is -0.357 e. The van der Waals surface area contributed by atoms with Crippen molar-refractivity contribution in [3.63, 3.8) is 0 Å². The van der Waals surface area contributed by atoms with Crippen LogP contribution >= 0.6 is 0 Å². The molecule has 0 aromatic rings. The number of rotatable bonds is 5. The molecule has 0 spiro atoms. The van der Waals surface area contributed by atoms with E-state index in [0.29, 0.717) is 6.42 Å². The van der Waals surface area contributed by atoms with Gasteiger partial charge in [-0.3, -0.25) is 14.9 Å². The Morgan fingerprint density at radius 3 is 2.17 bits per heavy atom. The molecule has 0 rings (SSSR count). The van der Waals surface area contributed by atoms with Crippen LogP contribution in [0.5, 0.6) is 0 Å². The van der Waals surface area contributed by atoms with Gasteiger partial charge in [0.2, 0.25) is 11.8 Å². The number of amides is 4. The van der Waals surface area contributed by atoms with Crippen molar-refractivity contribution in [2.75, 3.05) is 14.1 Å². The minimum absolute atomic E-state index is 0.231. The highest BCUT2D eigenvalue weighted by atomic mass is 16.2. The molecular formula is C12H23N3O3. The molecule has 4 amide bonds. The number of carbonyl (C=O) groups is 3. The van der Waals surface area contributed by atoms with Gasteiger partial charge in [-0.1, -0.05) is 20.8 Å². The number of hydrogen-bond donors (Lipinski definition) is 2. The highest BCUT2D eigenvalue weighted by molar-refractivity contribution is 5.96. The molecule has 0 saturated carbocycles. The van der Waals surface area contributed by atoms with Crippen molar-refractivity contribution in [2.45, 2.75) is 39.7 Å². The van der Waals surface area contributed by atoms with Crippen LogP contribution in [-0.4, -0.2) is 42.9 Å². The van der Waals surface area contributed by atoms with Crippen LogP contribution in [0.3, 0.4) is 0 Å². The topological polar surface area (TPSA) is 78.5 Å². The van der Waals surface area contributed by atoms with Crippen LogP contribution in [0.1, 0.15) is 33.6 Å². The lowest BCUT2D eigenvalue weighted by Crippen LogP contribution is -2.51. The van der Waals surface area contributed by atoms with Gasteiger partial charge in [0, 0.05) is 20.5 Å². The maximum atomic E-state index is 11.8. The quantitative estimate of drug-likeness (QED) is 0.762. The Kier molecular flexibility index (Phi) is 7.00. The fraction of sp³-hybridized carbons (Fsp3) is 0.750. The van der Waals surface area contributed by atoms with Crippen LogP contribution in [0.2, 0.25) is 0 Å². The Balaban J connectivity index is 4.73. The van der Waals surface area contributed by atoms with Crippen LogP contribution in [0, 0.1) is 5.92 Å². The van der Waals surface area contributed by atoms with Gasteiger partial charge < -0.3 is 10.2 Å². The van der Waals surface area contributed by atoms with Crippen molar-refractivity contribution in [1.82, 2.24) is 15.5 Å². The first-order valence-corrected chi connectivity index (χ1v) is 6.11. The van der Waals surface area contributed by atoms with Crippen molar-refractivity contribution >= 4 is 17.8 Å². The largest absolute Gasteiger partial charge is 0.357 e. The number of nitrogens with one attached hydrogen (secondary N) is 2. The third kappa shape index (κ3) is 5.16. The molecule has 6 nitrogen and oxygen atoms in total. The smallest absolute Gasteiger partial charge is 0.324 e. The van der Waals surface area contributed by atoms with Gasteiger partial charge in [0.15, 0.2) is 0 Å². The lowest BCUT2D eigenvalue weighted by atomic mass is 10.0. The van der Waals surface area contributed by atoms with Crippen molar-refractivity contribution < 1.29 is 14.4 Å². The molecule has 0 saturated heterocycles. The summed E-state index contributed by atoms with van der Waals surface area (Å²) in [6, 6.07) is -1.12. The average molecular weight is 257 g/mol. The van der Waals surface area contributed by atoms with Crippen molar-refractivity contribution in [3.05, 3.63) is 0 Å². The van der Waals surface area contributed by atoms with E-state index in [1.807, 2.05) is 13.8 Å². The summed E-state index contributed by atoms with van der Waals surface area (Å²) in [7, 11) is 3.04. The molecule has 0 aliphatic rings. The Morgan fingerprint density at radius 1 is 1.22 bits per heavy atom. The van der Waals surface area contributed by atoms with Gasteiger partial charge in [0.25, 0.3) is 0 Å². The Morgan fingerprint density at radius 2 is 1.78 bits per heavy atom. The first-order valence-electron chi connectivity index (χ1n) is 6.11. The second kappa shape index (κ2) is 7.68. The Hall–Kier alpha value is -1.59. The molecular weight excluding hydrogens is 234 g/mol. The second-order valence-corrected chi connectivity index (χ2v) is 4.58. The van der Waals surface area contributed by atoms with E-state index in [2.05, 4.69) is 10.6 Å². The van der Waals surface area contributed by atoms with Gasteiger partial charge in [-0.15, -0.1) is 0 Å². The first-order chi connectivity index (χ1) is 8.33. The number of likely N-dealkylation sites (N-methyl/N-ethyl adjacent to an activating group) is 2. The number of carbonyl (C=O) groups excluding carboxylic acids is 3. The van der Waals surface area contributed by atoms with Crippen molar-refractivity contribution in [3.8, 4) is 0 Å². The van der Waals surface area contributed by atoms with Crippen LogP contribution in [0.4, 0.5) is 4.79 Å². The highest BCUT2D eigenvalue weighted by Crippen LogP contribution is 2.10. The van der Waals surface area contributed by atoms with Gasteiger partial charge in [-0.25, -0.2) is 4.79 Å². The maximum absolute atomic E-state index is 11.8. The molecule has 104 valence electrons. The normalized spacial score (nSPS) is 11.9. The summed E-state index contributed by atoms with van der Waals surface area (Å²) in [5, 5.41) is 4.76. The predicted molar refractivity (Wildman–Crippen MR) is 68.9 cm³/mol. The summed E-state index contributed by atoms with van der Waals surface area (Å²) in [6.45, 7) is 5.60. The molecule has 0 unspecified atom stereocenters. The summed E-state index contributed by atoms with van der Waals surface area (Å²) in [4.78, 5) is 35.9. The molecule has 2 N–H and O–H groups in total. The number of nitrogens with zero attached hydrogens (tertiary/aromatic N) is 1. The highest BCUT2D eigenvalue weighted by Gasteiger charge is 2.27. The molecule has 0 fully saturated rings. The average Bonchev–Trinajstić information content (AvgIpc) is 2.33. The van der Waals surface area contributed by atoms with E-state index in [1.54, 1.807) is 6.92 Å². The second-order valence-electron chi connectivity index (χ2n) is 4.58. The molecule has 0 aromatic heterocycles. The zero-order valence-corrected chi connectivity index (χ0v) is 11.7. The van der Waals surface area contributed by atoms with Crippen LogP contribution in [-0.2, 0) is 9.59 Å². The molecule has 6 heteroatoms. The Labute approximate surface area is 108 Å². The number of imide groups is 1. The van der Waals surface area contributed by atoms with E-state index in [1.165, 1.54) is 19.0 Å². The van der Waals surface area contributed by atoms with Gasteiger partial charge >= 0.3 is 6.03 Å². The fourth-order valence-corrected chi connectivity index (χ4v) is 1.49. The van der Waals surface area contributed by atoms with Crippen LogP contribution in [0.15, 0.2) is 0 Å². The van der Waals surface area contributed by atoms with Crippen molar-refractivity contribution in [2.24, 2.45) is 5.92 Å². The summed E-state index contributed by atoms with van der Waals surface area (Å²) >= 11 is 0. The van der Waals surface area contributed by atoms with E-state index in [9.17, 15) is 14.4 Å².